The van der Waals surface area contributed by atoms with Gasteiger partial charge in [-0.15, -0.1) is 0 Å². The Bertz CT molecular complexity index is 52.5. The van der Waals surface area contributed by atoms with E-state index in [0.29, 0.717) is 6.42 Å². The van der Waals surface area contributed by atoms with Crippen molar-refractivity contribution >= 4 is 0 Å². The predicted octanol–water partition coefficient (Wildman–Crippen LogP) is 3.31. The van der Waals surface area contributed by atoms with Gasteiger partial charge in [0.25, 0.3) is 0 Å². The monoisotopic (exact) mass is 132 g/mol. The van der Waals surface area contributed by atoms with Crippen LogP contribution in [0, 0.1) is 0 Å². The molecular formula is C8H17F. The van der Waals surface area contributed by atoms with Crippen LogP contribution < -0.4 is 0 Å². The number of alkyl halides is 1. The smallest absolute Gasteiger partial charge is 0.0999 e. The van der Waals surface area contributed by atoms with Gasteiger partial charge in [-0.05, 0) is 12.8 Å². The predicted molar refractivity (Wildman–Crippen MR) is 39.3 cm³/mol. The van der Waals surface area contributed by atoms with Crippen LogP contribution in [0.25, 0.3) is 0 Å². The van der Waals surface area contributed by atoms with Gasteiger partial charge < -0.3 is 0 Å². The molecule has 0 saturated heterocycles. The molecule has 0 nitrogen and oxygen atoms in total. The lowest BCUT2D eigenvalue weighted by atomic mass is 10.1. The van der Waals surface area contributed by atoms with Gasteiger partial charge in [-0.1, -0.05) is 33.1 Å². The first-order chi connectivity index (χ1) is 4.31. The Kier molecular flexibility index (Phi) is 6.01. The lowest BCUT2D eigenvalue weighted by molar-refractivity contribution is 0.297. The van der Waals surface area contributed by atoms with Crippen LogP contribution >= 0.6 is 0 Å². The highest BCUT2D eigenvalue weighted by molar-refractivity contribution is 4.51. The molecule has 0 aromatic carbocycles. The van der Waals surface area contributed by atoms with Crippen molar-refractivity contribution in [3.63, 3.8) is 0 Å². The van der Waals surface area contributed by atoms with E-state index in [1.165, 1.54) is 12.8 Å². The highest BCUT2D eigenvalue weighted by Crippen LogP contribution is 2.08. The first kappa shape index (κ1) is 8.93. The average molecular weight is 132 g/mol. The van der Waals surface area contributed by atoms with E-state index in [0.717, 1.165) is 12.8 Å². The van der Waals surface area contributed by atoms with E-state index < -0.39 is 6.17 Å². The molecule has 0 rings (SSSR count). The lowest BCUT2D eigenvalue weighted by Gasteiger charge is -2.01. The molecule has 0 N–H and O–H groups in total. The van der Waals surface area contributed by atoms with Crippen molar-refractivity contribution in [1.82, 2.24) is 0 Å². The molecule has 0 aromatic rings. The Labute approximate surface area is 57.5 Å². The van der Waals surface area contributed by atoms with Gasteiger partial charge in [-0.3, -0.25) is 0 Å². The van der Waals surface area contributed by atoms with Gasteiger partial charge >= 0.3 is 0 Å². The van der Waals surface area contributed by atoms with Crippen molar-refractivity contribution < 1.29 is 4.39 Å². The second-order valence-electron chi connectivity index (χ2n) is 2.50. The van der Waals surface area contributed by atoms with Crippen molar-refractivity contribution in [2.24, 2.45) is 0 Å². The molecule has 9 heavy (non-hydrogen) atoms. The fourth-order valence-corrected chi connectivity index (χ4v) is 0.820. The zero-order chi connectivity index (χ0) is 7.11. The van der Waals surface area contributed by atoms with Gasteiger partial charge in [0.1, 0.15) is 0 Å². The highest BCUT2D eigenvalue weighted by Gasteiger charge is 2.00. The molecule has 0 heterocycles. The SMILES string of the molecule is CCCCC[C@@H](F)CC. The summed E-state index contributed by atoms with van der Waals surface area (Å²) in [4.78, 5) is 0. The molecule has 56 valence electrons. The molecule has 0 saturated carbocycles. The molecule has 0 aliphatic heterocycles. The Morgan fingerprint density at radius 3 is 2.33 bits per heavy atom. The van der Waals surface area contributed by atoms with Crippen molar-refractivity contribution in [2.45, 2.75) is 52.1 Å². The summed E-state index contributed by atoms with van der Waals surface area (Å²) < 4.78 is 12.5. The topological polar surface area (TPSA) is 0 Å². The molecule has 0 radical (unpaired) electrons. The summed E-state index contributed by atoms with van der Waals surface area (Å²) in [6, 6.07) is 0. The molecule has 0 bridgehead atoms. The van der Waals surface area contributed by atoms with E-state index in [4.69, 9.17) is 0 Å². The van der Waals surface area contributed by atoms with E-state index in [1.54, 1.807) is 0 Å². The molecule has 1 heteroatoms. The Morgan fingerprint density at radius 2 is 1.89 bits per heavy atom. The van der Waals surface area contributed by atoms with E-state index in [1.807, 2.05) is 6.92 Å². The number of halogens is 1. The average Bonchev–Trinajstić information content (AvgIpc) is 1.89. The molecule has 0 amide bonds. The second kappa shape index (κ2) is 6.06. The summed E-state index contributed by atoms with van der Waals surface area (Å²) in [5, 5.41) is 0. The lowest BCUT2D eigenvalue weighted by Crippen LogP contribution is -1.96. The number of hydrogen-bond donors (Lipinski definition) is 0. The third kappa shape index (κ3) is 5.81. The van der Waals surface area contributed by atoms with Gasteiger partial charge in [0.05, 0.1) is 6.17 Å². The van der Waals surface area contributed by atoms with E-state index >= 15 is 0 Å². The summed E-state index contributed by atoms with van der Waals surface area (Å²) in [5.74, 6) is 0. The molecular weight excluding hydrogens is 115 g/mol. The maximum Gasteiger partial charge on any atom is 0.0999 e. The zero-order valence-corrected chi connectivity index (χ0v) is 6.49. The summed E-state index contributed by atoms with van der Waals surface area (Å²) in [5.41, 5.74) is 0. The minimum Gasteiger partial charge on any atom is -0.248 e. The maximum absolute atomic E-state index is 12.5. The van der Waals surface area contributed by atoms with Crippen LogP contribution in [0.3, 0.4) is 0 Å². The molecule has 0 fully saturated rings. The van der Waals surface area contributed by atoms with Gasteiger partial charge in [-0.25, -0.2) is 4.39 Å². The van der Waals surface area contributed by atoms with E-state index in [9.17, 15) is 4.39 Å². The summed E-state index contributed by atoms with van der Waals surface area (Å²) in [6.45, 7) is 4.04. The fourth-order valence-electron chi connectivity index (χ4n) is 0.820. The van der Waals surface area contributed by atoms with Crippen LogP contribution in [0.1, 0.15) is 46.0 Å². The van der Waals surface area contributed by atoms with Crippen molar-refractivity contribution in [3.8, 4) is 0 Å². The minimum atomic E-state index is -0.545. The number of hydrogen-bond acceptors (Lipinski definition) is 0. The first-order valence-corrected chi connectivity index (χ1v) is 3.95. The van der Waals surface area contributed by atoms with Gasteiger partial charge in [0.2, 0.25) is 0 Å². The number of rotatable bonds is 5. The summed E-state index contributed by atoms with van der Waals surface area (Å²) in [6.07, 6.45) is 4.34. The van der Waals surface area contributed by atoms with Crippen molar-refractivity contribution in [3.05, 3.63) is 0 Å². The molecule has 0 aromatic heterocycles. The van der Waals surface area contributed by atoms with Crippen LogP contribution in [0.15, 0.2) is 0 Å². The minimum absolute atomic E-state index is 0.545. The van der Waals surface area contributed by atoms with E-state index in [-0.39, 0.29) is 0 Å². The Balaban J connectivity index is 2.88. The van der Waals surface area contributed by atoms with Crippen molar-refractivity contribution in [2.75, 3.05) is 0 Å². The third-order valence-electron chi connectivity index (χ3n) is 1.56. The summed E-state index contributed by atoms with van der Waals surface area (Å²) in [7, 11) is 0. The van der Waals surface area contributed by atoms with E-state index in [2.05, 4.69) is 6.92 Å². The van der Waals surface area contributed by atoms with Crippen LogP contribution in [-0.4, -0.2) is 6.17 Å². The molecule has 0 aliphatic rings. The molecule has 1 atom stereocenters. The largest absolute Gasteiger partial charge is 0.248 e. The number of unbranched alkanes of at least 4 members (excludes halogenated alkanes) is 2. The standard InChI is InChI=1S/C8H17F/c1-3-5-6-7-8(9)4-2/h8H,3-7H2,1-2H3/t8-/m0/s1. The quantitative estimate of drug-likeness (QED) is 0.503. The normalized spacial score (nSPS) is 13.7. The van der Waals surface area contributed by atoms with Crippen LogP contribution in [0.4, 0.5) is 4.39 Å². The van der Waals surface area contributed by atoms with Gasteiger partial charge in [0.15, 0.2) is 0 Å². The maximum atomic E-state index is 12.5. The Morgan fingerprint density at radius 1 is 1.22 bits per heavy atom. The third-order valence-corrected chi connectivity index (χ3v) is 1.56. The molecule has 0 aliphatic carbocycles. The van der Waals surface area contributed by atoms with Gasteiger partial charge in [-0.2, -0.15) is 0 Å². The summed E-state index contributed by atoms with van der Waals surface area (Å²) >= 11 is 0. The highest BCUT2D eigenvalue weighted by atomic mass is 19.1. The Hall–Kier alpha value is -0.0700. The van der Waals surface area contributed by atoms with Gasteiger partial charge in [0, 0.05) is 0 Å². The molecule has 0 spiro atoms. The van der Waals surface area contributed by atoms with Crippen LogP contribution in [0.5, 0.6) is 0 Å². The zero-order valence-electron chi connectivity index (χ0n) is 6.49. The molecule has 0 unspecified atom stereocenters. The first-order valence-electron chi connectivity index (χ1n) is 3.95. The van der Waals surface area contributed by atoms with Crippen molar-refractivity contribution in [1.29, 1.82) is 0 Å². The van der Waals surface area contributed by atoms with Crippen LogP contribution in [0.2, 0.25) is 0 Å². The fraction of sp³-hybridized carbons (Fsp3) is 1.00. The van der Waals surface area contributed by atoms with Crippen LogP contribution in [-0.2, 0) is 0 Å². The second-order valence-corrected chi connectivity index (χ2v) is 2.50.